The zero-order valence-electron chi connectivity index (χ0n) is 12.4. The van der Waals surface area contributed by atoms with Gasteiger partial charge in [0.25, 0.3) is 0 Å². The van der Waals surface area contributed by atoms with Crippen LogP contribution < -0.4 is 10.6 Å². The lowest BCUT2D eigenvalue weighted by Gasteiger charge is -2.14. The SMILES string of the molecule is Cc1cc(NCCC(C)C)nc(NC2CCCC2)n1. The fraction of sp³-hybridized carbons (Fsp3) is 0.733. The van der Waals surface area contributed by atoms with Gasteiger partial charge < -0.3 is 10.6 Å². The Morgan fingerprint density at radius 2 is 2.00 bits per heavy atom. The minimum Gasteiger partial charge on any atom is -0.370 e. The van der Waals surface area contributed by atoms with Gasteiger partial charge in [0.1, 0.15) is 5.82 Å². The number of anilines is 2. The molecular weight excluding hydrogens is 236 g/mol. The summed E-state index contributed by atoms with van der Waals surface area (Å²) in [5.74, 6) is 2.43. The molecule has 2 N–H and O–H groups in total. The third-order valence-corrected chi connectivity index (χ3v) is 3.57. The van der Waals surface area contributed by atoms with Crippen molar-refractivity contribution >= 4 is 11.8 Å². The van der Waals surface area contributed by atoms with Gasteiger partial charge in [0.05, 0.1) is 0 Å². The molecule has 1 aliphatic rings. The number of hydrogen-bond acceptors (Lipinski definition) is 4. The molecular formula is C15H26N4. The van der Waals surface area contributed by atoms with Crippen molar-refractivity contribution in [3.05, 3.63) is 11.8 Å². The van der Waals surface area contributed by atoms with Crippen molar-refractivity contribution in [1.82, 2.24) is 9.97 Å². The summed E-state index contributed by atoms with van der Waals surface area (Å²) in [7, 11) is 0. The van der Waals surface area contributed by atoms with Gasteiger partial charge in [-0.1, -0.05) is 26.7 Å². The fourth-order valence-electron chi connectivity index (χ4n) is 2.47. The topological polar surface area (TPSA) is 49.8 Å². The quantitative estimate of drug-likeness (QED) is 0.822. The van der Waals surface area contributed by atoms with Gasteiger partial charge in [0.15, 0.2) is 0 Å². The first-order valence-corrected chi connectivity index (χ1v) is 7.49. The van der Waals surface area contributed by atoms with Crippen LogP contribution in [0, 0.1) is 12.8 Å². The molecule has 1 saturated carbocycles. The molecule has 0 bridgehead atoms. The highest BCUT2D eigenvalue weighted by Crippen LogP contribution is 2.21. The van der Waals surface area contributed by atoms with Crippen LogP contribution in [0.1, 0.15) is 51.6 Å². The maximum atomic E-state index is 4.56. The number of aromatic nitrogens is 2. The Morgan fingerprint density at radius 3 is 2.68 bits per heavy atom. The van der Waals surface area contributed by atoms with Gasteiger partial charge >= 0.3 is 0 Å². The Kier molecular flexibility index (Phi) is 5.00. The Morgan fingerprint density at radius 1 is 1.26 bits per heavy atom. The van der Waals surface area contributed by atoms with Crippen LogP contribution in [-0.2, 0) is 0 Å². The Hall–Kier alpha value is -1.32. The van der Waals surface area contributed by atoms with Crippen molar-refractivity contribution in [3.8, 4) is 0 Å². The first kappa shape index (κ1) is 14.1. The molecule has 0 atom stereocenters. The predicted octanol–water partition coefficient (Wildman–Crippen LogP) is 3.60. The molecule has 0 saturated heterocycles. The molecule has 2 rings (SSSR count). The molecule has 0 spiro atoms. The van der Waals surface area contributed by atoms with Gasteiger partial charge in [-0.05, 0) is 32.1 Å². The van der Waals surface area contributed by atoms with Gasteiger partial charge in [-0.3, -0.25) is 0 Å². The number of nitrogens with one attached hydrogen (secondary N) is 2. The van der Waals surface area contributed by atoms with Crippen molar-refractivity contribution < 1.29 is 0 Å². The molecule has 106 valence electrons. The zero-order valence-corrected chi connectivity index (χ0v) is 12.4. The maximum absolute atomic E-state index is 4.56. The average Bonchev–Trinajstić information content (AvgIpc) is 2.80. The lowest BCUT2D eigenvalue weighted by atomic mass is 10.1. The summed E-state index contributed by atoms with van der Waals surface area (Å²) >= 11 is 0. The largest absolute Gasteiger partial charge is 0.370 e. The Labute approximate surface area is 116 Å². The second-order valence-corrected chi connectivity index (χ2v) is 5.95. The van der Waals surface area contributed by atoms with E-state index in [0.717, 1.165) is 30.4 Å². The van der Waals surface area contributed by atoms with Gasteiger partial charge in [-0.25, -0.2) is 4.98 Å². The molecule has 0 radical (unpaired) electrons. The smallest absolute Gasteiger partial charge is 0.225 e. The fourth-order valence-corrected chi connectivity index (χ4v) is 2.47. The second kappa shape index (κ2) is 6.73. The number of rotatable bonds is 6. The van der Waals surface area contributed by atoms with E-state index in [4.69, 9.17) is 0 Å². The van der Waals surface area contributed by atoms with E-state index in [2.05, 4.69) is 34.4 Å². The second-order valence-electron chi connectivity index (χ2n) is 5.95. The van der Waals surface area contributed by atoms with Gasteiger partial charge in [0, 0.05) is 24.3 Å². The maximum Gasteiger partial charge on any atom is 0.225 e. The van der Waals surface area contributed by atoms with Gasteiger partial charge in [0.2, 0.25) is 5.95 Å². The summed E-state index contributed by atoms with van der Waals surface area (Å²) in [5, 5.41) is 6.85. The van der Waals surface area contributed by atoms with Crippen LogP contribution >= 0.6 is 0 Å². The lowest BCUT2D eigenvalue weighted by molar-refractivity contribution is 0.606. The number of nitrogens with zero attached hydrogens (tertiary/aromatic N) is 2. The van der Waals surface area contributed by atoms with E-state index < -0.39 is 0 Å². The van der Waals surface area contributed by atoms with Crippen LogP contribution in [0.4, 0.5) is 11.8 Å². The van der Waals surface area contributed by atoms with Crippen molar-refractivity contribution in [2.45, 2.75) is 58.9 Å². The minimum absolute atomic E-state index is 0.560. The third kappa shape index (κ3) is 4.69. The third-order valence-electron chi connectivity index (χ3n) is 3.57. The van der Waals surface area contributed by atoms with Crippen molar-refractivity contribution in [1.29, 1.82) is 0 Å². The summed E-state index contributed by atoms with van der Waals surface area (Å²) in [5.41, 5.74) is 1.02. The average molecular weight is 262 g/mol. The summed E-state index contributed by atoms with van der Waals surface area (Å²) in [6, 6.07) is 2.57. The van der Waals surface area contributed by atoms with E-state index in [0.29, 0.717) is 12.0 Å². The van der Waals surface area contributed by atoms with E-state index in [1.807, 2.05) is 13.0 Å². The van der Waals surface area contributed by atoms with Crippen LogP contribution in [0.3, 0.4) is 0 Å². The van der Waals surface area contributed by atoms with E-state index in [1.165, 1.54) is 25.7 Å². The highest BCUT2D eigenvalue weighted by molar-refractivity contribution is 5.42. The summed E-state index contributed by atoms with van der Waals surface area (Å²) in [4.78, 5) is 9.04. The molecule has 1 heterocycles. The highest BCUT2D eigenvalue weighted by atomic mass is 15.2. The van der Waals surface area contributed by atoms with E-state index in [9.17, 15) is 0 Å². The Bertz CT molecular complexity index is 397. The predicted molar refractivity (Wildman–Crippen MR) is 80.6 cm³/mol. The highest BCUT2D eigenvalue weighted by Gasteiger charge is 2.15. The van der Waals surface area contributed by atoms with Crippen LogP contribution in [-0.4, -0.2) is 22.6 Å². The van der Waals surface area contributed by atoms with Crippen LogP contribution in [0.15, 0.2) is 6.07 Å². The van der Waals surface area contributed by atoms with E-state index in [-0.39, 0.29) is 0 Å². The first-order chi connectivity index (χ1) is 9.13. The van der Waals surface area contributed by atoms with Gasteiger partial charge in [-0.15, -0.1) is 0 Å². The molecule has 1 aromatic rings. The standard InChI is InChI=1S/C15H26N4/c1-11(2)8-9-16-14-10-12(3)17-15(19-14)18-13-6-4-5-7-13/h10-11,13H,4-9H2,1-3H3,(H2,16,17,18,19). The normalized spacial score (nSPS) is 16.0. The van der Waals surface area contributed by atoms with Gasteiger partial charge in [-0.2, -0.15) is 4.98 Å². The van der Waals surface area contributed by atoms with Crippen LogP contribution in [0.25, 0.3) is 0 Å². The van der Waals surface area contributed by atoms with Crippen LogP contribution in [0.2, 0.25) is 0 Å². The molecule has 0 aliphatic heterocycles. The van der Waals surface area contributed by atoms with Crippen LogP contribution in [0.5, 0.6) is 0 Å². The Balaban J connectivity index is 1.93. The summed E-state index contributed by atoms with van der Waals surface area (Å²) < 4.78 is 0. The molecule has 1 aromatic heterocycles. The first-order valence-electron chi connectivity index (χ1n) is 7.49. The van der Waals surface area contributed by atoms with Crippen molar-refractivity contribution in [2.75, 3.05) is 17.2 Å². The minimum atomic E-state index is 0.560. The van der Waals surface area contributed by atoms with Crippen molar-refractivity contribution in [3.63, 3.8) is 0 Å². The molecule has 0 unspecified atom stereocenters. The molecule has 19 heavy (non-hydrogen) atoms. The molecule has 0 aromatic carbocycles. The lowest BCUT2D eigenvalue weighted by Crippen LogP contribution is -2.17. The molecule has 4 nitrogen and oxygen atoms in total. The molecule has 4 heteroatoms. The molecule has 0 amide bonds. The van der Waals surface area contributed by atoms with E-state index in [1.54, 1.807) is 0 Å². The van der Waals surface area contributed by atoms with E-state index >= 15 is 0 Å². The van der Waals surface area contributed by atoms with Crippen molar-refractivity contribution in [2.24, 2.45) is 5.92 Å². The number of hydrogen-bond donors (Lipinski definition) is 2. The number of aryl methyl sites for hydroxylation is 1. The summed E-state index contributed by atoms with van der Waals surface area (Å²) in [6.07, 6.45) is 6.29. The molecule has 1 aliphatic carbocycles. The summed E-state index contributed by atoms with van der Waals surface area (Å²) in [6.45, 7) is 7.46. The molecule has 1 fully saturated rings. The monoisotopic (exact) mass is 262 g/mol. The zero-order chi connectivity index (χ0) is 13.7.